The van der Waals surface area contributed by atoms with Crippen LogP contribution in [0, 0.1) is 6.92 Å². The summed E-state index contributed by atoms with van der Waals surface area (Å²) < 4.78 is 27.0. The van der Waals surface area contributed by atoms with E-state index >= 15 is 0 Å². The highest BCUT2D eigenvalue weighted by molar-refractivity contribution is 7.89. The molecule has 0 saturated heterocycles. The summed E-state index contributed by atoms with van der Waals surface area (Å²) in [6, 6.07) is 14.0. The number of hydrogen-bond acceptors (Lipinski definition) is 4. The minimum atomic E-state index is -3.64. The molecule has 2 N–H and O–H groups in total. The maximum absolute atomic E-state index is 12.8. The molecule has 0 atom stereocenters. The molecule has 2 aromatic carbocycles. The second-order valence-corrected chi connectivity index (χ2v) is 8.46. The van der Waals surface area contributed by atoms with Crippen LogP contribution in [0.5, 0.6) is 0 Å². The van der Waals surface area contributed by atoms with Gasteiger partial charge in [-0.25, -0.2) is 8.42 Å². The topological polar surface area (TPSA) is 95.6 Å². The van der Waals surface area contributed by atoms with Gasteiger partial charge in [-0.2, -0.15) is 4.31 Å². The molecule has 2 amide bonds. The molecule has 8 heteroatoms. The van der Waals surface area contributed by atoms with Crippen molar-refractivity contribution in [2.24, 2.45) is 0 Å². The van der Waals surface area contributed by atoms with E-state index in [4.69, 9.17) is 0 Å². The molecule has 0 spiro atoms. The zero-order valence-corrected chi connectivity index (χ0v) is 17.8. The van der Waals surface area contributed by atoms with E-state index in [2.05, 4.69) is 10.6 Å². The molecular formula is C21H27N3O4S. The number of benzene rings is 2. The van der Waals surface area contributed by atoms with Crippen molar-refractivity contribution < 1.29 is 18.0 Å². The lowest BCUT2D eigenvalue weighted by atomic mass is 10.1. The molecule has 0 bridgehead atoms. The van der Waals surface area contributed by atoms with Gasteiger partial charge in [0.1, 0.15) is 0 Å². The van der Waals surface area contributed by atoms with Crippen LogP contribution in [0.1, 0.15) is 25.0 Å². The lowest BCUT2D eigenvalue weighted by Crippen LogP contribution is -2.34. The highest BCUT2D eigenvalue weighted by atomic mass is 32.2. The Kier molecular flexibility index (Phi) is 7.92. The first-order valence-electron chi connectivity index (χ1n) is 9.49. The van der Waals surface area contributed by atoms with E-state index in [0.29, 0.717) is 24.3 Å². The third kappa shape index (κ3) is 6.13. The van der Waals surface area contributed by atoms with Crippen molar-refractivity contribution in [3.63, 3.8) is 0 Å². The fourth-order valence-corrected chi connectivity index (χ4v) is 4.59. The molecule has 0 aliphatic rings. The van der Waals surface area contributed by atoms with Crippen LogP contribution in [0.3, 0.4) is 0 Å². The number of rotatable bonds is 9. The molecular weight excluding hydrogens is 390 g/mol. The molecule has 2 aromatic rings. The van der Waals surface area contributed by atoms with Crippen LogP contribution in [0.2, 0.25) is 0 Å². The van der Waals surface area contributed by atoms with Crippen molar-refractivity contribution in [2.75, 3.05) is 25.0 Å². The molecule has 29 heavy (non-hydrogen) atoms. The Morgan fingerprint density at radius 2 is 1.62 bits per heavy atom. The Bertz CT molecular complexity index is 955. The number of carbonyl (C=O) groups excluding carboxylic acids is 2. The van der Waals surface area contributed by atoms with Gasteiger partial charge in [-0.1, -0.05) is 50.2 Å². The van der Waals surface area contributed by atoms with E-state index in [0.717, 1.165) is 5.56 Å². The number of nitrogens with zero attached hydrogens (tertiary/aromatic N) is 1. The second-order valence-electron chi connectivity index (χ2n) is 6.56. The van der Waals surface area contributed by atoms with Crippen LogP contribution in [-0.4, -0.2) is 44.2 Å². The predicted octanol–water partition coefficient (Wildman–Crippen LogP) is 2.32. The first-order chi connectivity index (χ1) is 13.8. The van der Waals surface area contributed by atoms with Gasteiger partial charge in [0.05, 0.1) is 17.9 Å². The maximum Gasteiger partial charge on any atom is 0.243 e. The van der Waals surface area contributed by atoms with Crippen LogP contribution in [0.25, 0.3) is 0 Å². The maximum atomic E-state index is 12.8. The Hall–Kier alpha value is -2.71. The third-order valence-corrected chi connectivity index (χ3v) is 6.64. The minimum Gasteiger partial charge on any atom is -0.347 e. The number of aryl methyl sites for hydroxylation is 1. The average Bonchev–Trinajstić information content (AvgIpc) is 2.69. The van der Waals surface area contributed by atoms with Crippen LogP contribution < -0.4 is 10.6 Å². The number of anilines is 1. The van der Waals surface area contributed by atoms with Gasteiger partial charge in [-0.15, -0.1) is 0 Å². The van der Waals surface area contributed by atoms with Gasteiger partial charge in [0.2, 0.25) is 21.8 Å². The molecule has 0 aliphatic heterocycles. The molecule has 156 valence electrons. The van der Waals surface area contributed by atoms with Gasteiger partial charge in [0, 0.05) is 18.8 Å². The molecule has 2 rings (SSSR count). The Labute approximate surface area is 172 Å². The van der Waals surface area contributed by atoms with Gasteiger partial charge in [-0.3, -0.25) is 9.59 Å². The zero-order valence-electron chi connectivity index (χ0n) is 16.9. The second kappa shape index (κ2) is 10.2. The van der Waals surface area contributed by atoms with E-state index in [1.54, 1.807) is 32.9 Å². The van der Waals surface area contributed by atoms with Crippen molar-refractivity contribution in [3.8, 4) is 0 Å². The van der Waals surface area contributed by atoms with E-state index in [9.17, 15) is 18.0 Å². The van der Waals surface area contributed by atoms with Crippen molar-refractivity contribution in [2.45, 2.75) is 32.1 Å². The van der Waals surface area contributed by atoms with Gasteiger partial charge in [-0.05, 0) is 30.2 Å². The van der Waals surface area contributed by atoms with Crippen LogP contribution in [-0.2, 0) is 26.0 Å². The average molecular weight is 418 g/mol. The smallest absolute Gasteiger partial charge is 0.243 e. The molecule has 0 unspecified atom stereocenters. The number of carbonyl (C=O) groups is 2. The molecule has 0 heterocycles. The first kappa shape index (κ1) is 22.6. The van der Waals surface area contributed by atoms with Gasteiger partial charge in [0.25, 0.3) is 0 Å². The number of hydrogen-bond donors (Lipinski definition) is 2. The summed E-state index contributed by atoms with van der Waals surface area (Å²) in [5.41, 5.74) is 1.82. The molecule has 0 fully saturated rings. The first-order valence-corrected chi connectivity index (χ1v) is 10.9. The SMILES string of the molecule is CCN(CC)S(=O)(=O)c1cc(NC(=O)CNC(=O)Cc2ccccc2)ccc1C. The van der Waals surface area contributed by atoms with Gasteiger partial charge < -0.3 is 10.6 Å². The molecule has 0 aliphatic carbocycles. The summed E-state index contributed by atoms with van der Waals surface area (Å²) in [5, 5.41) is 5.21. The van der Waals surface area contributed by atoms with E-state index < -0.39 is 15.9 Å². The van der Waals surface area contributed by atoms with E-state index in [-0.39, 0.29) is 23.8 Å². The largest absolute Gasteiger partial charge is 0.347 e. The molecule has 0 saturated carbocycles. The summed E-state index contributed by atoms with van der Waals surface area (Å²) in [4.78, 5) is 24.3. The lowest BCUT2D eigenvalue weighted by molar-refractivity contribution is -0.123. The lowest BCUT2D eigenvalue weighted by Gasteiger charge is -2.20. The quantitative estimate of drug-likeness (QED) is 0.655. The molecule has 0 radical (unpaired) electrons. The summed E-state index contributed by atoms with van der Waals surface area (Å²) in [6.07, 6.45) is 0.185. The van der Waals surface area contributed by atoms with Crippen molar-refractivity contribution in [1.29, 1.82) is 0 Å². The van der Waals surface area contributed by atoms with Crippen molar-refractivity contribution >= 4 is 27.5 Å². The van der Waals surface area contributed by atoms with Crippen LogP contribution >= 0.6 is 0 Å². The van der Waals surface area contributed by atoms with E-state index in [1.807, 2.05) is 30.3 Å². The Balaban J connectivity index is 2.01. The molecule has 0 aromatic heterocycles. The number of amides is 2. The van der Waals surface area contributed by atoms with E-state index in [1.165, 1.54) is 10.4 Å². The zero-order chi connectivity index (χ0) is 21.4. The minimum absolute atomic E-state index is 0.159. The van der Waals surface area contributed by atoms with Gasteiger partial charge in [0.15, 0.2) is 0 Å². The summed E-state index contributed by atoms with van der Waals surface area (Å²) in [6.45, 7) is 5.80. The highest BCUT2D eigenvalue weighted by Gasteiger charge is 2.24. The standard InChI is InChI=1S/C21H27N3O4S/c1-4-24(5-2)29(27,28)19-14-18(12-11-16(19)3)23-21(26)15-22-20(25)13-17-9-7-6-8-10-17/h6-12,14H,4-5,13,15H2,1-3H3,(H,22,25)(H,23,26). The highest BCUT2D eigenvalue weighted by Crippen LogP contribution is 2.23. The number of sulfonamides is 1. The van der Waals surface area contributed by atoms with Gasteiger partial charge >= 0.3 is 0 Å². The Morgan fingerprint density at radius 3 is 2.24 bits per heavy atom. The monoisotopic (exact) mass is 417 g/mol. The number of nitrogens with one attached hydrogen (secondary N) is 2. The fourth-order valence-electron chi connectivity index (χ4n) is 2.89. The van der Waals surface area contributed by atoms with Crippen molar-refractivity contribution in [3.05, 3.63) is 59.7 Å². The van der Waals surface area contributed by atoms with Crippen LogP contribution in [0.4, 0.5) is 5.69 Å². The third-order valence-electron chi connectivity index (χ3n) is 4.45. The summed E-state index contributed by atoms with van der Waals surface area (Å²) in [5.74, 6) is -0.693. The van der Waals surface area contributed by atoms with Crippen LogP contribution in [0.15, 0.2) is 53.4 Å². The summed E-state index contributed by atoms with van der Waals surface area (Å²) in [7, 11) is -3.64. The van der Waals surface area contributed by atoms with Crippen molar-refractivity contribution in [1.82, 2.24) is 9.62 Å². The summed E-state index contributed by atoms with van der Waals surface area (Å²) >= 11 is 0. The predicted molar refractivity (Wildman–Crippen MR) is 113 cm³/mol. The fraction of sp³-hybridized carbons (Fsp3) is 0.333. The Morgan fingerprint density at radius 1 is 0.966 bits per heavy atom. The molecule has 7 nitrogen and oxygen atoms in total. The normalized spacial score (nSPS) is 11.3.